The van der Waals surface area contributed by atoms with Crippen LogP contribution in [0.15, 0.2) is 36.4 Å². The first-order valence-corrected chi connectivity index (χ1v) is 8.61. The molecule has 1 unspecified atom stereocenters. The number of aryl methyl sites for hydroxylation is 2. The summed E-state index contributed by atoms with van der Waals surface area (Å²) in [5.74, 6) is 0.379. The Labute approximate surface area is 159 Å². The van der Waals surface area contributed by atoms with Crippen LogP contribution in [0.1, 0.15) is 40.0 Å². The fourth-order valence-corrected chi connectivity index (χ4v) is 2.79. The molecule has 0 saturated heterocycles. The zero-order valence-electron chi connectivity index (χ0n) is 16.3. The van der Waals surface area contributed by atoms with E-state index in [2.05, 4.69) is 5.32 Å². The molecule has 0 aliphatic heterocycles. The van der Waals surface area contributed by atoms with E-state index in [-0.39, 0.29) is 12.6 Å². The number of carbonyl (C=O) groups excluding carboxylic acids is 2. The van der Waals surface area contributed by atoms with Gasteiger partial charge in [0.1, 0.15) is 11.5 Å². The molecule has 2 aromatic rings. The molecule has 2 rings (SSSR count). The van der Waals surface area contributed by atoms with Gasteiger partial charge in [-0.3, -0.25) is 4.79 Å². The fourth-order valence-electron chi connectivity index (χ4n) is 2.79. The van der Waals surface area contributed by atoms with Crippen LogP contribution in [-0.4, -0.2) is 32.7 Å². The van der Waals surface area contributed by atoms with Gasteiger partial charge in [-0.2, -0.15) is 0 Å². The van der Waals surface area contributed by atoms with E-state index in [1.165, 1.54) is 0 Å². The lowest BCUT2D eigenvalue weighted by atomic mass is 10.1. The van der Waals surface area contributed by atoms with Crippen LogP contribution in [0.2, 0.25) is 0 Å². The van der Waals surface area contributed by atoms with Gasteiger partial charge in [-0.15, -0.1) is 0 Å². The second-order valence-corrected chi connectivity index (χ2v) is 6.29. The molecule has 0 fully saturated rings. The smallest absolute Gasteiger partial charge is 0.338 e. The minimum Gasteiger partial charge on any atom is -0.497 e. The molecule has 0 spiro atoms. The number of carbonyl (C=O) groups is 2. The second kappa shape index (κ2) is 9.07. The summed E-state index contributed by atoms with van der Waals surface area (Å²) in [7, 11) is 3.13. The molecule has 1 amide bonds. The molecule has 2 aromatic carbocycles. The maximum atomic E-state index is 12.2. The predicted molar refractivity (Wildman–Crippen MR) is 102 cm³/mol. The van der Waals surface area contributed by atoms with Crippen LogP contribution in [0.25, 0.3) is 0 Å². The molecule has 0 aliphatic rings. The Kier molecular flexibility index (Phi) is 6.82. The van der Waals surface area contributed by atoms with Crippen molar-refractivity contribution in [2.75, 3.05) is 20.8 Å². The topological polar surface area (TPSA) is 73.9 Å². The molecule has 0 bridgehead atoms. The Bertz CT molecular complexity index is 831. The summed E-state index contributed by atoms with van der Waals surface area (Å²) in [5, 5.41) is 2.80. The maximum absolute atomic E-state index is 12.2. The zero-order valence-corrected chi connectivity index (χ0v) is 16.3. The van der Waals surface area contributed by atoms with Crippen molar-refractivity contribution < 1.29 is 23.8 Å². The van der Waals surface area contributed by atoms with Gasteiger partial charge >= 0.3 is 5.97 Å². The van der Waals surface area contributed by atoms with Crippen LogP contribution < -0.4 is 14.8 Å². The van der Waals surface area contributed by atoms with E-state index in [0.29, 0.717) is 17.1 Å². The van der Waals surface area contributed by atoms with Crippen LogP contribution in [0.4, 0.5) is 0 Å². The van der Waals surface area contributed by atoms with Gasteiger partial charge in [0.25, 0.3) is 5.91 Å². The van der Waals surface area contributed by atoms with E-state index in [0.717, 1.165) is 16.7 Å². The number of nitrogens with one attached hydrogen (secondary N) is 1. The number of esters is 1. The first-order valence-electron chi connectivity index (χ1n) is 8.61. The Hall–Kier alpha value is -3.02. The van der Waals surface area contributed by atoms with Crippen molar-refractivity contribution >= 4 is 11.9 Å². The summed E-state index contributed by atoms with van der Waals surface area (Å²) in [6, 6.07) is 10.4. The SMILES string of the molecule is COc1ccc(OC)c(C(C)NC(=O)COC(=O)c2ccc(C)cc2C)c1. The highest BCUT2D eigenvalue weighted by atomic mass is 16.5. The summed E-state index contributed by atoms with van der Waals surface area (Å²) < 4.78 is 15.7. The minimum absolute atomic E-state index is 0.345. The van der Waals surface area contributed by atoms with Crippen LogP contribution in [0, 0.1) is 13.8 Å². The Morgan fingerprint density at radius 2 is 1.78 bits per heavy atom. The number of hydrogen-bond acceptors (Lipinski definition) is 5. The van der Waals surface area contributed by atoms with Crippen LogP contribution in [0.5, 0.6) is 11.5 Å². The van der Waals surface area contributed by atoms with Crippen molar-refractivity contribution in [1.29, 1.82) is 0 Å². The molecule has 0 radical (unpaired) electrons. The monoisotopic (exact) mass is 371 g/mol. The third kappa shape index (κ3) is 5.23. The first-order chi connectivity index (χ1) is 12.8. The highest BCUT2D eigenvalue weighted by Gasteiger charge is 2.17. The number of methoxy groups -OCH3 is 2. The third-order valence-corrected chi connectivity index (χ3v) is 4.22. The summed E-state index contributed by atoms with van der Waals surface area (Å²) >= 11 is 0. The molecule has 144 valence electrons. The van der Waals surface area contributed by atoms with Crippen LogP contribution >= 0.6 is 0 Å². The highest BCUT2D eigenvalue weighted by molar-refractivity contribution is 5.92. The Balaban J connectivity index is 1.98. The lowest BCUT2D eigenvalue weighted by Gasteiger charge is -2.18. The van der Waals surface area contributed by atoms with Crippen LogP contribution in [0.3, 0.4) is 0 Å². The molecule has 1 atom stereocenters. The largest absolute Gasteiger partial charge is 0.497 e. The van der Waals surface area contributed by atoms with Crippen molar-refractivity contribution in [3.8, 4) is 11.5 Å². The number of amides is 1. The van der Waals surface area contributed by atoms with Crippen molar-refractivity contribution in [2.45, 2.75) is 26.8 Å². The summed E-state index contributed by atoms with van der Waals surface area (Å²) in [6.07, 6.45) is 0. The number of rotatable bonds is 7. The lowest BCUT2D eigenvalue weighted by molar-refractivity contribution is -0.124. The third-order valence-electron chi connectivity index (χ3n) is 4.22. The lowest BCUT2D eigenvalue weighted by Crippen LogP contribution is -2.31. The van der Waals surface area contributed by atoms with Gasteiger partial charge < -0.3 is 19.5 Å². The molecule has 1 N–H and O–H groups in total. The van der Waals surface area contributed by atoms with Crippen molar-refractivity contribution in [3.05, 3.63) is 58.7 Å². The van der Waals surface area contributed by atoms with E-state index in [9.17, 15) is 9.59 Å². The molecule has 0 heterocycles. The average Bonchev–Trinajstić information content (AvgIpc) is 2.65. The molecule has 0 aromatic heterocycles. The molecule has 0 aliphatic carbocycles. The molecule has 6 heteroatoms. The fraction of sp³-hybridized carbons (Fsp3) is 0.333. The average molecular weight is 371 g/mol. The molecular weight excluding hydrogens is 346 g/mol. The van der Waals surface area contributed by atoms with Crippen molar-refractivity contribution in [1.82, 2.24) is 5.32 Å². The van der Waals surface area contributed by atoms with Gasteiger partial charge in [0.2, 0.25) is 0 Å². The Morgan fingerprint density at radius 3 is 2.41 bits per heavy atom. The summed E-state index contributed by atoms with van der Waals surface area (Å²) in [4.78, 5) is 24.4. The van der Waals surface area contributed by atoms with Gasteiger partial charge in [0.05, 0.1) is 25.8 Å². The van der Waals surface area contributed by atoms with Gasteiger partial charge in [-0.25, -0.2) is 4.79 Å². The van der Waals surface area contributed by atoms with Gasteiger partial charge in [0.15, 0.2) is 6.61 Å². The van der Waals surface area contributed by atoms with Crippen molar-refractivity contribution in [3.63, 3.8) is 0 Å². The van der Waals surface area contributed by atoms with Gasteiger partial charge in [-0.05, 0) is 50.6 Å². The second-order valence-electron chi connectivity index (χ2n) is 6.29. The van der Waals surface area contributed by atoms with E-state index < -0.39 is 11.9 Å². The number of benzene rings is 2. The molecular formula is C21H25NO5. The summed E-state index contributed by atoms with van der Waals surface area (Å²) in [6.45, 7) is 5.24. The standard InChI is InChI=1S/C21H25NO5/c1-13-6-8-17(14(2)10-13)21(24)27-12-20(23)22-15(3)18-11-16(25-4)7-9-19(18)26-5/h6-11,15H,12H2,1-5H3,(H,22,23). The molecule has 6 nitrogen and oxygen atoms in total. The minimum atomic E-state index is -0.519. The van der Waals surface area contributed by atoms with E-state index in [1.807, 2.05) is 32.9 Å². The van der Waals surface area contributed by atoms with Gasteiger partial charge in [-0.1, -0.05) is 17.7 Å². The first kappa shape index (κ1) is 20.3. The van der Waals surface area contributed by atoms with E-state index in [1.54, 1.807) is 38.5 Å². The zero-order chi connectivity index (χ0) is 20.0. The molecule has 0 saturated carbocycles. The summed E-state index contributed by atoms with van der Waals surface area (Å²) in [5.41, 5.74) is 3.10. The highest BCUT2D eigenvalue weighted by Crippen LogP contribution is 2.29. The number of hydrogen-bond donors (Lipinski definition) is 1. The number of ether oxygens (including phenoxy) is 3. The van der Waals surface area contributed by atoms with E-state index >= 15 is 0 Å². The normalized spacial score (nSPS) is 11.4. The van der Waals surface area contributed by atoms with Gasteiger partial charge in [0, 0.05) is 5.56 Å². The predicted octanol–water partition coefficient (Wildman–Crippen LogP) is 3.35. The Morgan fingerprint density at radius 1 is 1.04 bits per heavy atom. The van der Waals surface area contributed by atoms with Crippen LogP contribution in [-0.2, 0) is 9.53 Å². The quantitative estimate of drug-likeness (QED) is 0.756. The maximum Gasteiger partial charge on any atom is 0.338 e. The van der Waals surface area contributed by atoms with E-state index in [4.69, 9.17) is 14.2 Å². The molecule has 27 heavy (non-hydrogen) atoms. The van der Waals surface area contributed by atoms with Crippen molar-refractivity contribution in [2.24, 2.45) is 0 Å².